The lowest BCUT2D eigenvalue weighted by molar-refractivity contribution is 0.548. The number of hydrogen-bond donors (Lipinski definition) is 1. The second-order valence-electron chi connectivity index (χ2n) is 7.54. The van der Waals surface area contributed by atoms with Crippen molar-refractivity contribution in [3.05, 3.63) is 113 Å². The first-order chi connectivity index (χ1) is 15.1. The number of hydrogen-bond acceptors (Lipinski definition) is 2. The molecule has 1 saturated heterocycles. The number of anilines is 1. The zero-order valence-corrected chi connectivity index (χ0v) is 18.5. The van der Waals surface area contributed by atoms with Gasteiger partial charge >= 0.3 is 0 Å². The molecule has 154 valence electrons. The predicted molar refractivity (Wildman–Crippen MR) is 130 cm³/mol. The number of benzene rings is 2. The van der Waals surface area contributed by atoms with Crippen molar-refractivity contribution >= 4 is 34.6 Å². The second kappa shape index (κ2) is 8.17. The Balaban J connectivity index is 1.70. The number of thiocarbonyl (C=S) groups is 1. The molecular formula is C25H21ClN4S. The summed E-state index contributed by atoms with van der Waals surface area (Å²) in [6.45, 7) is 2.12. The van der Waals surface area contributed by atoms with Gasteiger partial charge in [-0.2, -0.15) is 0 Å². The van der Waals surface area contributed by atoms with Crippen molar-refractivity contribution in [2.24, 2.45) is 0 Å². The highest BCUT2D eigenvalue weighted by molar-refractivity contribution is 7.80. The Kier molecular flexibility index (Phi) is 5.22. The molecule has 1 aliphatic heterocycles. The lowest BCUT2D eigenvalue weighted by atomic mass is 10.0. The largest absolute Gasteiger partial charge is 0.351 e. The molecule has 4 aromatic rings. The molecule has 1 fully saturated rings. The van der Waals surface area contributed by atoms with Gasteiger partial charge in [-0.1, -0.05) is 35.9 Å². The number of nitrogens with zero attached hydrogens (tertiary/aromatic N) is 3. The maximum Gasteiger partial charge on any atom is 0.174 e. The molecule has 6 heteroatoms. The Morgan fingerprint density at radius 1 is 0.871 bits per heavy atom. The van der Waals surface area contributed by atoms with E-state index in [1.807, 2.05) is 54.7 Å². The van der Waals surface area contributed by atoms with Crippen LogP contribution >= 0.6 is 23.8 Å². The van der Waals surface area contributed by atoms with E-state index in [9.17, 15) is 0 Å². The van der Waals surface area contributed by atoms with E-state index in [1.165, 1.54) is 0 Å². The number of aromatic nitrogens is 2. The fraction of sp³-hybridized carbons (Fsp3) is 0.120. The van der Waals surface area contributed by atoms with Gasteiger partial charge < -0.3 is 14.8 Å². The zero-order chi connectivity index (χ0) is 21.4. The van der Waals surface area contributed by atoms with Crippen molar-refractivity contribution in [3.8, 4) is 5.69 Å². The SMILES string of the molecule is Cc1ccc([C@H]2[C@H](c3ccccn3)NC(=S)N2c2ccc(Cl)cc2)n1-c1ccccc1. The van der Waals surface area contributed by atoms with Gasteiger partial charge in [-0.3, -0.25) is 4.98 Å². The Morgan fingerprint density at radius 2 is 1.61 bits per heavy atom. The third kappa shape index (κ3) is 3.60. The molecule has 1 N–H and O–H groups in total. The average Bonchev–Trinajstić information content (AvgIpc) is 3.35. The molecule has 0 saturated carbocycles. The Morgan fingerprint density at radius 3 is 2.32 bits per heavy atom. The van der Waals surface area contributed by atoms with Crippen molar-refractivity contribution in [1.82, 2.24) is 14.9 Å². The molecule has 2 atom stereocenters. The normalized spacial score (nSPS) is 18.3. The van der Waals surface area contributed by atoms with Crippen LogP contribution in [0.15, 0.2) is 91.1 Å². The predicted octanol–water partition coefficient (Wildman–Crippen LogP) is 6.01. The lowest BCUT2D eigenvalue weighted by Crippen LogP contribution is -2.30. The highest BCUT2D eigenvalue weighted by Crippen LogP contribution is 2.42. The molecule has 0 aliphatic carbocycles. The van der Waals surface area contributed by atoms with Crippen LogP contribution in [-0.4, -0.2) is 14.7 Å². The smallest absolute Gasteiger partial charge is 0.174 e. The van der Waals surface area contributed by atoms with E-state index in [2.05, 4.69) is 63.1 Å². The van der Waals surface area contributed by atoms with E-state index in [-0.39, 0.29) is 12.1 Å². The molecule has 31 heavy (non-hydrogen) atoms. The summed E-state index contributed by atoms with van der Waals surface area (Å²) in [4.78, 5) is 6.81. The standard InChI is InChI=1S/C25H21ClN4S/c1-17-10-15-22(29(17)19-7-3-2-4-8-19)24-23(21-9-5-6-16-27-21)28-25(31)30(24)20-13-11-18(26)12-14-20/h2-16,23-24H,1H3,(H,28,31)/t23-,24-/m0/s1. The van der Waals surface area contributed by atoms with Crippen LogP contribution in [0.1, 0.15) is 29.2 Å². The summed E-state index contributed by atoms with van der Waals surface area (Å²) in [6.07, 6.45) is 1.82. The van der Waals surface area contributed by atoms with Crippen LogP contribution in [0.5, 0.6) is 0 Å². The highest BCUT2D eigenvalue weighted by Gasteiger charge is 2.42. The van der Waals surface area contributed by atoms with Gasteiger partial charge in [-0.05, 0) is 79.8 Å². The molecule has 0 unspecified atom stereocenters. The van der Waals surface area contributed by atoms with Gasteiger partial charge in [0.05, 0.1) is 11.7 Å². The van der Waals surface area contributed by atoms with Gasteiger partial charge in [0.15, 0.2) is 5.11 Å². The minimum atomic E-state index is -0.0962. The van der Waals surface area contributed by atoms with Crippen LogP contribution in [0.4, 0.5) is 5.69 Å². The van der Waals surface area contributed by atoms with E-state index >= 15 is 0 Å². The summed E-state index contributed by atoms with van der Waals surface area (Å²) < 4.78 is 2.29. The first-order valence-electron chi connectivity index (χ1n) is 10.1. The van der Waals surface area contributed by atoms with Gasteiger partial charge in [0.2, 0.25) is 0 Å². The van der Waals surface area contributed by atoms with E-state index in [0.29, 0.717) is 10.1 Å². The summed E-state index contributed by atoms with van der Waals surface area (Å²) in [5.74, 6) is 0. The molecular weight excluding hydrogens is 424 g/mol. The Labute approximate surface area is 192 Å². The zero-order valence-electron chi connectivity index (χ0n) is 16.9. The van der Waals surface area contributed by atoms with Crippen molar-refractivity contribution in [2.75, 3.05) is 4.90 Å². The third-order valence-corrected chi connectivity index (χ3v) is 6.19. The molecule has 2 aromatic heterocycles. The minimum absolute atomic E-state index is 0.0857. The number of aryl methyl sites for hydroxylation is 1. The number of para-hydroxylation sites is 1. The fourth-order valence-corrected chi connectivity index (χ4v) is 4.73. The van der Waals surface area contributed by atoms with Crippen LogP contribution in [0.25, 0.3) is 5.69 Å². The molecule has 5 rings (SSSR count). The van der Waals surface area contributed by atoms with Gasteiger partial charge in [-0.25, -0.2) is 0 Å². The highest BCUT2D eigenvalue weighted by atomic mass is 35.5. The van der Waals surface area contributed by atoms with Gasteiger partial charge in [0.25, 0.3) is 0 Å². The fourth-order valence-electron chi connectivity index (χ4n) is 4.25. The number of pyridine rings is 1. The van der Waals surface area contributed by atoms with Gasteiger partial charge in [0.1, 0.15) is 6.04 Å². The molecule has 1 aliphatic rings. The molecule has 3 heterocycles. The first kappa shape index (κ1) is 19.8. The van der Waals surface area contributed by atoms with Crippen LogP contribution in [0, 0.1) is 6.92 Å². The van der Waals surface area contributed by atoms with Crippen molar-refractivity contribution in [1.29, 1.82) is 0 Å². The van der Waals surface area contributed by atoms with Gasteiger partial charge in [-0.15, -0.1) is 0 Å². The minimum Gasteiger partial charge on any atom is -0.351 e. The summed E-state index contributed by atoms with van der Waals surface area (Å²) >= 11 is 12.0. The molecule has 0 amide bonds. The maximum atomic E-state index is 6.16. The molecule has 0 radical (unpaired) electrons. The summed E-state index contributed by atoms with van der Waals surface area (Å²) in [7, 11) is 0. The Hall–Kier alpha value is -3.15. The van der Waals surface area contributed by atoms with Crippen LogP contribution in [0.3, 0.4) is 0 Å². The average molecular weight is 445 g/mol. The van der Waals surface area contributed by atoms with E-state index in [0.717, 1.165) is 28.5 Å². The Bertz CT molecular complexity index is 1210. The number of halogens is 1. The van der Waals surface area contributed by atoms with Crippen LogP contribution < -0.4 is 10.2 Å². The molecule has 2 aromatic carbocycles. The topological polar surface area (TPSA) is 33.1 Å². The lowest BCUT2D eigenvalue weighted by Gasteiger charge is -2.29. The quantitative estimate of drug-likeness (QED) is 0.391. The van der Waals surface area contributed by atoms with Gasteiger partial charge in [0, 0.05) is 34.0 Å². The van der Waals surface area contributed by atoms with Crippen molar-refractivity contribution in [3.63, 3.8) is 0 Å². The first-order valence-corrected chi connectivity index (χ1v) is 10.9. The van der Waals surface area contributed by atoms with Crippen LogP contribution in [-0.2, 0) is 0 Å². The van der Waals surface area contributed by atoms with Crippen LogP contribution in [0.2, 0.25) is 5.02 Å². The summed E-state index contributed by atoms with van der Waals surface area (Å²) in [5, 5.41) is 4.88. The number of nitrogens with one attached hydrogen (secondary N) is 1. The van der Waals surface area contributed by atoms with Crippen molar-refractivity contribution < 1.29 is 0 Å². The number of rotatable bonds is 4. The molecule has 4 nitrogen and oxygen atoms in total. The van der Waals surface area contributed by atoms with E-state index < -0.39 is 0 Å². The third-order valence-electron chi connectivity index (χ3n) is 5.63. The monoisotopic (exact) mass is 444 g/mol. The van der Waals surface area contributed by atoms with E-state index in [1.54, 1.807) is 0 Å². The van der Waals surface area contributed by atoms with E-state index in [4.69, 9.17) is 23.8 Å². The summed E-state index contributed by atoms with van der Waals surface area (Å²) in [5.41, 5.74) is 5.36. The molecule has 0 bridgehead atoms. The molecule has 0 spiro atoms. The van der Waals surface area contributed by atoms with Crippen molar-refractivity contribution in [2.45, 2.75) is 19.0 Å². The second-order valence-corrected chi connectivity index (χ2v) is 8.37. The maximum absolute atomic E-state index is 6.16. The summed E-state index contributed by atoms with van der Waals surface area (Å²) in [6, 6.07) is 28.3.